The number of ether oxygens (including phenoxy) is 1. The van der Waals surface area contributed by atoms with E-state index < -0.39 is 0 Å². The van der Waals surface area contributed by atoms with Gasteiger partial charge >= 0.3 is 0 Å². The Morgan fingerprint density at radius 1 is 1.31 bits per heavy atom. The topological polar surface area (TPSA) is 29.5 Å². The summed E-state index contributed by atoms with van der Waals surface area (Å²) in [5.41, 5.74) is 0. The second kappa shape index (κ2) is 6.36. The highest BCUT2D eigenvalue weighted by Gasteiger charge is 2.20. The van der Waals surface area contributed by atoms with Gasteiger partial charge in [-0.15, -0.1) is 0 Å². The number of nitrogens with zero attached hydrogens (tertiary/aromatic N) is 1. The molecule has 92 valence electrons. The fraction of sp³-hybridized carbons (Fsp3) is 0.923. The largest absolute Gasteiger partial charge is 0.378 e. The molecular formula is C13H23NO2. The van der Waals surface area contributed by atoms with Gasteiger partial charge in [-0.3, -0.25) is 0 Å². The van der Waals surface area contributed by atoms with E-state index in [0.29, 0.717) is 6.10 Å². The lowest BCUT2D eigenvalue weighted by atomic mass is 9.99. The maximum atomic E-state index is 10.7. The molecule has 0 aromatic heterocycles. The molecule has 2 fully saturated rings. The highest BCUT2D eigenvalue weighted by molar-refractivity contribution is 5.53. The summed E-state index contributed by atoms with van der Waals surface area (Å²) < 4.78 is 5.61. The zero-order valence-electron chi connectivity index (χ0n) is 10.1. The number of hydrogen-bond donors (Lipinski definition) is 0. The molecule has 0 radical (unpaired) electrons. The molecule has 3 nitrogen and oxygen atoms in total. The first-order valence-electron chi connectivity index (χ1n) is 6.68. The minimum absolute atomic E-state index is 0.288. The smallest absolute Gasteiger partial charge is 0.124 e. The van der Waals surface area contributed by atoms with E-state index in [9.17, 15) is 4.79 Å². The van der Waals surface area contributed by atoms with Crippen LogP contribution in [0, 0.1) is 5.92 Å². The average Bonchev–Trinajstić information content (AvgIpc) is 2.82. The summed E-state index contributed by atoms with van der Waals surface area (Å²) >= 11 is 0. The van der Waals surface area contributed by atoms with E-state index in [2.05, 4.69) is 4.90 Å². The summed E-state index contributed by atoms with van der Waals surface area (Å²) in [6.07, 6.45) is 8.82. The lowest BCUT2D eigenvalue weighted by Crippen LogP contribution is -2.36. The molecule has 0 aliphatic carbocycles. The van der Waals surface area contributed by atoms with Gasteiger partial charge in [-0.1, -0.05) is 0 Å². The molecular weight excluding hydrogens is 202 g/mol. The van der Waals surface area contributed by atoms with Crippen molar-refractivity contribution in [3.05, 3.63) is 0 Å². The Morgan fingerprint density at radius 2 is 2.25 bits per heavy atom. The van der Waals surface area contributed by atoms with E-state index in [1.54, 1.807) is 0 Å². The van der Waals surface area contributed by atoms with E-state index in [1.807, 2.05) is 0 Å². The van der Waals surface area contributed by atoms with Crippen molar-refractivity contribution in [2.24, 2.45) is 5.92 Å². The van der Waals surface area contributed by atoms with Crippen molar-refractivity contribution in [2.75, 3.05) is 26.2 Å². The summed E-state index contributed by atoms with van der Waals surface area (Å²) in [5.74, 6) is 0.288. The Balaban J connectivity index is 1.59. The summed E-state index contributed by atoms with van der Waals surface area (Å²) in [5, 5.41) is 0. The zero-order valence-corrected chi connectivity index (χ0v) is 10.1. The minimum Gasteiger partial charge on any atom is -0.378 e. The lowest BCUT2D eigenvalue weighted by Gasteiger charge is -2.30. The van der Waals surface area contributed by atoms with Gasteiger partial charge < -0.3 is 14.4 Å². The van der Waals surface area contributed by atoms with Crippen molar-refractivity contribution >= 4 is 6.29 Å². The molecule has 0 amide bonds. The average molecular weight is 225 g/mol. The second-order valence-electron chi connectivity index (χ2n) is 5.12. The molecule has 0 aromatic rings. The number of rotatable bonds is 5. The number of aldehydes is 1. The van der Waals surface area contributed by atoms with E-state index in [4.69, 9.17) is 4.74 Å². The number of carbonyl (C=O) groups excluding carboxylic acids is 1. The first kappa shape index (κ1) is 12.1. The van der Waals surface area contributed by atoms with Crippen LogP contribution < -0.4 is 0 Å². The molecule has 16 heavy (non-hydrogen) atoms. The molecule has 2 atom stereocenters. The van der Waals surface area contributed by atoms with Crippen LogP contribution in [0.5, 0.6) is 0 Å². The van der Waals surface area contributed by atoms with Gasteiger partial charge in [0.1, 0.15) is 6.29 Å². The molecule has 0 aromatic carbocycles. The van der Waals surface area contributed by atoms with Crippen LogP contribution in [-0.2, 0) is 9.53 Å². The van der Waals surface area contributed by atoms with Crippen molar-refractivity contribution in [1.82, 2.24) is 4.90 Å². The molecule has 2 heterocycles. The molecule has 2 rings (SSSR count). The Labute approximate surface area is 98.1 Å². The van der Waals surface area contributed by atoms with Gasteiger partial charge in [0.2, 0.25) is 0 Å². The summed E-state index contributed by atoms with van der Waals surface area (Å²) in [6, 6.07) is 0. The third-order valence-corrected chi connectivity index (χ3v) is 3.76. The van der Waals surface area contributed by atoms with Crippen molar-refractivity contribution < 1.29 is 9.53 Å². The van der Waals surface area contributed by atoms with Crippen LogP contribution in [0.25, 0.3) is 0 Å². The van der Waals surface area contributed by atoms with Gasteiger partial charge in [0, 0.05) is 19.1 Å². The summed E-state index contributed by atoms with van der Waals surface area (Å²) in [6.45, 7) is 4.26. The van der Waals surface area contributed by atoms with E-state index >= 15 is 0 Å². The number of hydrogen-bond acceptors (Lipinski definition) is 3. The fourth-order valence-electron chi connectivity index (χ4n) is 2.82. The third kappa shape index (κ3) is 3.56. The maximum Gasteiger partial charge on any atom is 0.124 e. The third-order valence-electron chi connectivity index (χ3n) is 3.76. The van der Waals surface area contributed by atoms with E-state index in [1.165, 1.54) is 38.6 Å². The van der Waals surface area contributed by atoms with Crippen LogP contribution in [0.2, 0.25) is 0 Å². The van der Waals surface area contributed by atoms with Crippen LogP contribution in [0.3, 0.4) is 0 Å². The quantitative estimate of drug-likeness (QED) is 0.669. The van der Waals surface area contributed by atoms with Crippen molar-refractivity contribution in [3.8, 4) is 0 Å². The van der Waals surface area contributed by atoms with Gasteiger partial charge in [-0.2, -0.15) is 0 Å². The molecule has 0 saturated carbocycles. The molecule has 2 aliphatic rings. The van der Waals surface area contributed by atoms with Gasteiger partial charge in [0.05, 0.1) is 6.10 Å². The normalized spacial score (nSPS) is 31.8. The van der Waals surface area contributed by atoms with Crippen LogP contribution >= 0.6 is 0 Å². The van der Waals surface area contributed by atoms with Gasteiger partial charge in [-0.25, -0.2) is 0 Å². The Kier molecular flexibility index (Phi) is 4.79. The molecule has 2 aliphatic heterocycles. The summed E-state index contributed by atoms with van der Waals surface area (Å²) in [7, 11) is 0. The van der Waals surface area contributed by atoms with Crippen LogP contribution in [0.4, 0.5) is 0 Å². The number of likely N-dealkylation sites (tertiary alicyclic amines) is 1. The Hall–Kier alpha value is -0.410. The molecule has 0 N–H and O–H groups in total. The zero-order chi connectivity index (χ0) is 11.2. The predicted octanol–water partition coefficient (Wildman–Crippen LogP) is 1.86. The van der Waals surface area contributed by atoms with Crippen molar-refractivity contribution in [2.45, 2.75) is 44.6 Å². The lowest BCUT2D eigenvalue weighted by molar-refractivity contribution is -0.112. The van der Waals surface area contributed by atoms with Gasteiger partial charge in [-0.05, 0) is 51.6 Å². The Morgan fingerprint density at radius 3 is 3.00 bits per heavy atom. The van der Waals surface area contributed by atoms with Crippen LogP contribution in [-0.4, -0.2) is 43.5 Å². The number of piperidine rings is 1. The van der Waals surface area contributed by atoms with Crippen LogP contribution in [0.15, 0.2) is 0 Å². The number of carbonyl (C=O) groups is 1. The highest BCUT2D eigenvalue weighted by atomic mass is 16.5. The van der Waals surface area contributed by atoms with E-state index in [-0.39, 0.29) is 5.92 Å². The second-order valence-corrected chi connectivity index (χ2v) is 5.12. The van der Waals surface area contributed by atoms with Crippen molar-refractivity contribution in [3.63, 3.8) is 0 Å². The Bertz CT molecular complexity index is 214. The highest BCUT2D eigenvalue weighted by Crippen LogP contribution is 2.19. The minimum atomic E-state index is 0.288. The molecule has 0 spiro atoms. The SMILES string of the molecule is O=CC1CCCN(CCCC2CCCO2)C1. The van der Waals surface area contributed by atoms with Gasteiger partial charge in [0.15, 0.2) is 0 Å². The van der Waals surface area contributed by atoms with E-state index in [0.717, 1.165) is 32.4 Å². The van der Waals surface area contributed by atoms with Crippen LogP contribution in [0.1, 0.15) is 38.5 Å². The first-order valence-corrected chi connectivity index (χ1v) is 6.68. The molecule has 2 saturated heterocycles. The monoisotopic (exact) mass is 225 g/mol. The van der Waals surface area contributed by atoms with Gasteiger partial charge in [0.25, 0.3) is 0 Å². The molecule has 0 bridgehead atoms. The maximum absolute atomic E-state index is 10.7. The van der Waals surface area contributed by atoms with Crippen molar-refractivity contribution in [1.29, 1.82) is 0 Å². The summed E-state index contributed by atoms with van der Waals surface area (Å²) in [4.78, 5) is 13.2. The predicted molar refractivity (Wildman–Crippen MR) is 63.4 cm³/mol. The first-order chi connectivity index (χ1) is 7.88. The fourth-order valence-corrected chi connectivity index (χ4v) is 2.82. The molecule has 2 unspecified atom stereocenters. The standard InChI is InChI=1S/C13H23NO2/c15-11-12-4-1-7-14(10-12)8-2-5-13-6-3-9-16-13/h11-13H,1-10H2. The molecule has 3 heteroatoms.